The molecule has 0 fully saturated rings. The maximum atomic E-state index is 11.6. The van der Waals surface area contributed by atoms with Gasteiger partial charge in [-0.25, -0.2) is 0 Å². The first kappa shape index (κ1) is 10.2. The Morgan fingerprint density at radius 2 is 1.90 bits per heavy atom. The molecule has 5 heteroatoms. The summed E-state index contributed by atoms with van der Waals surface area (Å²) in [5, 5.41) is 0.569. The lowest BCUT2D eigenvalue weighted by atomic mass is 10.5. The highest BCUT2D eigenvalue weighted by molar-refractivity contribution is 9.09. The van der Waals surface area contributed by atoms with Gasteiger partial charge in [0.05, 0.1) is 6.54 Å². The molecule has 0 unspecified atom stereocenters. The largest absolute Gasteiger partial charge is 0.401 e. The number of hydrogen-bond acceptors (Lipinski definition) is 1. The van der Waals surface area contributed by atoms with E-state index < -0.39 is 12.7 Å². The minimum atomic E-state index is -4.07. The van der Waals surface area contributed by atoms with Crippen molar-refractivity contribution in [1.82, 2.24) is 4.90 Å². The zero-order chi connectivity index (χ0) is 8.20. The van der Waals surface area contributed by atoms with Crippen LogP contribution in [-0.2, 0) is 0 Å². The predicted molar refractivity (Wildman–Crippen MR) is 37.3 cm³/mol. The van der Waals surface area contributed by atoms with E-state index in [0.717, 1.165) is 0 Å². The molecule has 0 rings (SSSR count). The number of halogens is 4. The maximum Gasteiger partial charge on any atom is 0.401 e. The normalized spacial score (nSPS) is 12.6. The highest BCUT2D eigenvalue weighted by Gasteiger charge is 2.28. The standard InChI is InChI=1S/C5H9BrF3N/c1-10(3-2-6)4-5(7,8)9/h2-4H2,1H3. The summed E-state index contributed by atoms with van der Waals surface area (Å²) in [4.78, 5) is 1.22. The van der Waals surface area contributed by atoms with E-state index >= 15 is 0 Å². The monoisotopic (exact) mass is 219 g/mol. The molecule has 0 saturated carbocycles. The average molecular weight is 220 g/mol. The molecule has 0 aliphatic rings. The van der Waals surface area contributed by atoms with Crippen molar-refractivity contribution in [3.05, 3.63) is 0 Å². The zero-order valence-electron chi connectivity index (χ0n) is 5.58. The van der Waals surface area contributed by atoms with Crippen molar-refractivity contribution in [1.29, 1.82) is 0 Å². The molecule has 0 radical (unpaired) electrons. The molecule has 0 aromatic carbocycles. The summed E-state index contributed by atoms with van der Waals surface area (Å²) < 4.78 is 34.7. The van der Waals surface area contributed by atoms with Crippen LogP contribution < -0.4 is 0 Å². The van der Waals surface area contributed by atoms with Gasteiger partial charge in [0, 0.05) is 11.9 Å². The molecule has 0 heterocycles. The molecule has 0 aliphatic heterocycles. The summed E-state index contributed by atoms with van der Waals surface area (Å²) in [5.74, 6) is 0. The van der Waals surface area contributed by atoms with Gasteiger partial charge >= 0.3 is 6.18 Å². The van der Waals surface area contributed by atoms with Crippen LogP contribution in [0.25, 0.3) is 0 Å². The quantitative estimate of drug-likeness (QED) is 0.656. The van der Waals surface area contributed by atoms with Gasteiger partial charge in [0.15, 0.2) is 0 Å². The second kappa shape index (κ2) is 4.18. The highest BCUT2D eigenvalue weighted by Crippen LogP contribution is 2.15. The van der Waals surface area contributed by atoms with Crippen molar-refractivity contribution in [2.75, 3.05) is 25.5 Å². The lowest BCUT2D eigenvalue weighted by Crippen LogP contribution is -2.32. The van der Waals surface area contributed by atoms with Gasteiger partial charge in [-0.2, -0.15) is 13.2 Å². The number of hydrogen-bond donors (Lipinski definition) is 0. The van der Waals surface area contributed by atoms with Gasteiger partial charge in [0.1, 0.15) is 0 Å². The summed E-state index contributed by atoms with van der Waals surface area (Å²) in [5.41, 5.74) is 0. The third-order valence-corrected chi connectivity index (χ3v) is 1.27. The summed E-state index contributed by atoms with van der Waals surface area (Å²) >= 11 is 3.05. The molecular formula is C5H9BrF3N. The van der Waals surface area contributed by atoms with Gasteiger partial charge in [-0.3, -0.25) is 4.90 Å². The third kappa shape index (κ3) is 6.35. The second-order valence-corrected chi connectivity index (χ2v) is 2.83. The first-order valence-electron chi connectivity index (χ1n) is 2.77. The Morgan fingerprint density at radius 1 is 1.40 bits per heavy atom. The molecule has 1 nitrogen and oxygen atoms in total. The lowest BCUT2D eigenvalue weighted by molar-refractivity contribution is -0.142. The smallest absolute Gasteiger partial charge is 0.297 e. The van der Waals surface area contributed by atoms with E-state index in [1.807, 2.05) is 0 Å². The van der Waals surface area contributed by atoms with E-state index in [1.165, 1.54) is 11.9 Å². The molecule has 0 spiro atoms. The number of nitrogens with zero attached hydrogens (tertiary/aromatic N) is 1. The van der Waals surface area contributed by atoms with Crippen LogP contribution in [0.2, 0.25) is 0 Å². The third-order valence-electron chi connectivity index (χ3n) is 0.915. The van der Waals surface area contributed by atoms with Crippen molar-refractivity contribution in [2.45, 2.75) is 6.18 Å². The van der Waals surface area contributed by atoms with Crippen LogP contribution in [0.3, 0.4) is 0 Å². The van der Waals surface area contributed by atoms with Crippen LogP contribution in [0, 0.1) is 0 Å². The molecular weight excluding hydrogens is 211 g/mol. The molecule has 0 bridgehead atoms. The number of alkyl halides is 4. The molecule has 0 aromatic heterocycles. The minimum Gasteiger partial charge on any atom is -0.297 e. The topological polar surface area (TPSA) is 3.24 Å². The van der Waals surface area contributed by atoms with Crippen molar-refractivity contribution >= 4 is 15.9 Å². The Labute approximate surface area is 66.3 Å². The Hall–Kier alpha value is 0.230. The molecule has 0 N–H and O–H groups in total. The summed E-state index contributed by atoms with van der Waals surface area (Å²) in [6.45, 7) is -0.419. The fourth-order valence-electron chi connectivity index (χ4n) is 0.529. The molecule has 0 aliphatic carbocycles. The van der Waals surface area contributed by atoms with Gasteiger partial charge < -0.3 is 0 Å². The van der Waals surface area contributed by atoms with Crippen LogP contribution in [-0.4, -0.2) is 36.5 Å². The van der Waals surface area contributed by atoms with Crippen molar-refractivity contribution < 1.29 is 13.2 Å². The van der Waals surface area contributed by atoms with Gasteiger partial charge in [-0.1, -0.05) is 15.9 Å². The first-order valence-corrected chi connectivity index (χ1v) is 3.89. The maximum absolute atomic E-state index is 11.6. The minimum absolute atomic E-state index is 0.416. The Bertz CT molecular complexity index is 93.4. The SMILES string of the molecule is CN(CCBr)CC(F)(F)F. The van der Waals surface area contributed by atoms with E-state index in [9.17, 15) is 13.2 Å². The fraction of sp³-hybridized carbons (Fsp3) is 1.00. The summed E-state index contributed by atoms with van der Waals surface area (Å²) in [7, 11) is 1.44. The van der Waals surface area contributed by atoms with E-state index in [1.54, 1.807) is 0 Å². The average Bonchev–Trinajstić information content (AvgIpc) is 1.59. The van der Waals surface area contributed by atoms with Gasteiger partial charge in [0.25, 0.3) is 0 Å². The van der Waals surface area contributed by atoms with Crippen LogP contribution in [0.5, 0.6) is 0 Å². The van der Waals surface area contributed by atoms with Gasteiger partial charge in [-0.15, -0.1) is 0 Å². The predicted octanol–water partition coefficient (Wildman–Crippen LogP) is 1.88. The van der Waals surface area contributed by atoms with Crippen LogP contribution >= 0.6 is 15.9 Å². The molecule has 62 valence electrons. The van der Waals surface area contributed by atoms with Crippen molar-refractivity contribution in [3.63, 3.8) is 0 Å². The lowest BCUT2D eigenvalue weighted by Gasteiger charge is -2.16. The first-order chi connectivity index (χ1) is 4.45. The van der Waals surface area contributed by atoms with Crippen LogP contribution in [0.1, 0.15) is 0 Å². The second-order valence-electron chi connectivity index (χ2n) is 2.04. The van der Waals surface area contributed by atoms with Gasteiger partial charge in [0.2, 0.25) is 0 Å². The summed E-state index contributed by atoms with van der Waals surface area (Å²) in [6.07, 6.45) is -4.07. The Balaban J connectivity index is 3.47. The van der Waals surface area contributed by atoms with E-state index in [0.29, 0.717) is 11.9 Å². The fourth-order valence-corrected chi connectivity index (χ4v) is 1.13. The van der Waals surface area contributed by atoms with E-state index in [2.05, 4.69) is 15.9 Å². The van der Waals surface area contributed by atoms with Crippen molar-refractivity contribution in [3.8, 4) is 0 Å². The molecule has 0 aromatic rings. The van der Waals surface area contributed by atoms with E-state index in [-0.39, 0.29) is 0 Å². The molecule has 0 atom stereocenters. The Morgan fingerprint density at radius 3 is 2.20 bits per heavy atom. The molecule has 10 heavy (non-hydrogen) atoms. The number of rotatable bonds is 3. The zero-order valence-corrected chi connectivity index (χ0v) is 7.17. The van der Waals surface area contributed by atoms with E-state index in [4.69, 9.17) is 0 Å². The van der Waals surface area contributed by atoms with Crippen molar-refractivity contribution in [2.24, 2.45) is 0 Å². The van der Waals surface area contributed by atoms with Crippen LogP contribution in [0.4, 0.5) is 13.2 Å². The summed E-state index contributed by atoms with van der Waals surface area (Å²) in [6, 6.07) is 0. The highest BCUT2D eigenvalue weighted by atomic mass is 79.9. The Kier molecular flexibility index (Phi) is 4.28. The molecule has 0 saturated heterocycles. The van der Waals surface area contributed by atoms with Gasteiger partial charge in [-0.05, 0) is 7.05 Å². The van der Waals surface area contributed by atoms with Crippen LogP contribution in [0.15, 0.2) is 0 Å². The molecule has 0 amide bonds.